The van der Waals surface area contributed by atoms with Gasteiger partial charge in [0.2, 0.25) is 0 Å². The van der Waals surface area contributed by atoms with Crippen LogP contribution in [-0.2, 0) is 11.2 Å². The minimum Gasteiger partial charge on any atom is -0.497 e. The van der Waals surface area contributed by atoms with Gasteiger partial charge in [-0.2, -0.15) is 0 Å². The molecule has 0 fully saturated rings. The van der Waals surface area contributed by atoms with Crippen molar-refractivity contribution < 1.29 is 14.3 Å². The molecule has 2 rings (SSSR count). The maximum atomic E-state index is 12.0. The SMILES string of the molecule is COc1ccc(CCNC(=O)COc2cc(C)ccc2C(C)C)cc1. The first-order chi connectivity index (χ1) is 12.0. The van der Waals surface area contributed by atoms with E-state index in [9.17, 15) is 4.79 Å². The van der Waals surface area contributed by atoms with Gasteiger partial charge in [-0.3, -0.25) is 4.79 Å². The van der Waals surface area contributed by atoms with Crippen LogP contribution >= 0.6 is 0 Å². The minimum atomic E-state index is -0.107. The molecule has 0 aliphatic rings. The van der Waals surface area contributed by atoms with Crippen LogP contribution in [0.1, 0.15) is 36.5 Å². The molecule has 0 aliphatic carbocycles. The highest BCUT2D eigenvalue weighted by molar-refractivity contribution is 5.77. The van der Waals surface area contributed by atoms with Gasteiger partial charge in [-0.15, -0.1) is 0 Å². The fourth-order valence-electron chi connectivity index (χ4n) is 2.58. The fourth-order valence-corrected chi connectivity index (χ4v) is 2.58. The third-order valence-corrected chi connectivity index (χ3v) is 4.04. The number of rotatable bonds is 8. The van der Waals surface area contributed by atoms with Gasteiger partial charge >= 0.3 is 0 Å². The lowest BCUT2D eigenvalue weighted by molar-refractivity contribution is -0.123. The van der Waals surface area contributed by atoms with Gasteiger partial charge in [0.05, 0.1) is 7.11 Å². The zero-order chi connectivity index (χ0) is 18.2. The molecule has 25 heavy (non-hydrogen) atoms. The van der Waals surface area contributed by atoms with E-state index in [0.29, 0.717) is 12.5 Å². The molecule has 1 N–H and O–H groups in total. The monoisotopic (exact) mass is 341 g/mol. The van der Waals surface area contributed by atoms with Crippen LogP contribution in [-0.4, -0.2) is 26.2 Å². The van der Waals surface area contributed by atoms with Gasteiger partial charge in [-0.1, -0.05) is 38.1 Å². The van der Waals surface area contributed by atoms with Crippen molar-refractivity contribution in [3.63, 3.8) is 0 Å². The Morgan fingerprint density at radius 2 is 1.84 bits per heavy atom. The second-order valence-electron chi connectivity index (χ2n) is 6.43. The van der Waals surface area contributed by atoms with Crippen molar-refractivity contribution in [2.75, 3.05) is 20.3 Å². The highest BCUT2D eigenvalue weighted by Gasteiger charge is 2.10. The number of aryl methyl sites for hydroxylation is 1. The van der Waals surface area contributed by atoms with E-state index >= 15 is 0 Å². The Hall–Kier alpha value is -2.49. The van der Waals surface area contributed by atoms with Gasteiger partial charge in [0.1, 0.15) is 11.5 Å². The van der Waals surface area contributed by atoms with Crippen molar-refractivity contribution in [2.24, 2.45) is 0 Å². The number of ether oxygens (including phenoxy) is 2. The van der Waals surface area contributed by atoms with Gasteiger partial charge in [0.15, 0.2) is 6.61 Å². The Morgan fingerprint density at radius 3 is 2.48 bits per heavy atom. The smallest absolute Gasteiger partial charge is 0.257 e. The summed E-state index contributed by atoms with van der Waals surface area (Å²) in [5.74, 6) is 1.87. The molecule has 4 heteroatoms. The predicted molar refractivity (Wildman–Crippen MR) is 100 cm³/mol. The number of methoxy groups -OCH3 is 1. The molecule has 0 spiro atoms. The van der Waals surface area contributed by atoms with E-state index in [4.69, 9.17) is 9.47 Å². The van der Waals surface area contributed by atoms with E-state index in [1.54, 1.807) is 7.11 Å². The van der Waals surface area contributed by atoms with Gasteiger partial charge < -0.3 is 14.8 Å². The molecular weight excluding hydrogens is 314 g/mol. The molecule has 134 valence electrons. The highest BCUT2D eigenvalue weighted by Crippen LogP contribution is 2.27. The molecule has 0 bridgehead atoms. The molecular formula is C21H27NO3. The lowest BCUT2D eigenvalue weighted by Crippen LogP contribution is -2.30. The summed E-state index contributed by atoms with van der Waals surface area (Å²) in [6.45, 7) is 6.87. The van der Waals surface area contributed by atoms with Crippen molar-refractivity contribution in [2.45, 2.75) is 33.1 Å². The zero-order valence-electron chi connectivity index (χ0n) is 15.5. The summed E-state index contributed by atoms with van der Waals surface area (Å²) < 4.78 is 10.9. The van der Waals surface area contributed by atoms with Crippen molar-refractivity contribution in [3.05, 3.63) is 59.2 Å². The topological polar surface area (TPSA) is 47.6 Å². The standard InChI is InChI=1S/C21H27NO3/c1-15(2)19-10-5-16(3)13-20(19)25-14-21(23)22-12-11-17-6-8-18(24-4)9-7-17/h5-10,13,15H,11-12,14H2,1-4H3,(H,22,23). The Balaban J connectivity index is 1.80. The number of amides is 1. The minimum absolute atomic E-state index is 0.0335. The average Bonchev–Trinajstić information content (AvgIpc) is 2.60. The third-order valence-electron chi connectivity index (χ3n) is 4.04. The van der Waals surface area contributed by atoms with Crippen LogP contribution in [0.5, 0.6) is 11.5 Å². The second-order valence-corrected chi connectivity index (χ2v) is 6.43. The Bertz CT molecular complexity index is 693. The molecule has 0 radical (unpaired) electrons. The molecule has 0 aliphatic heterocycles. The molecule has 0 heterocycles. The van der Waals surface area contributed by atoms with Gasteiger partial charge in [0.25, 0.3) is 5.91 Å². The summed E-state index contributed by atoms with van der Waals surface area (Å²) in [5, 5.41) is 2.90. The first-order valence-electron chi connectivity index (χ1n) is 8.62. The van der Waals surface area contributed by atoms with Crippen LogP contribution in [0.3, 0.4) is 0 Å². The maximum absolute atomic E-state index is 12.0. The van der Waals surface area contributed by atoms with Crippen molar-refractivity contribution in [1.82, 2.24) is 5.32 Å². The van der Waals surface area contributed by atoms with Crippen molar-refractivity contribution in [3.8, 4) is 11.5 Å². The van der Waals surface area contributed by atoms with E-state index in [1.807, 2.05) is 37.3 Å². The van der Waals surface area contributed by atoms with E-state index in [2.05, 4.69) is 31.3 Å². The molecule has 0 unspecified atom stereocenters. The number of hydrogen-bond donors (Lipinski definition) is 1. The first kappa shape index (κ1) is 18.8. The summed E-state index contributed by atoms with van der Waals surface area (Å²) in [7, 11) is 1.65. The van der Waals surface area contributed by atoms with E-state index in [0.717, 1.165) is 34.6 Å². The van der Waals surface area contributed by atoms with Gasteiger partial charge in [-0.25, -0.2) is 0 Å². The molecule has 0 saturated carbocycles. The largest absolute Gasteiger partial charge is 0.497 e. The number of nitrogens with one attached hydrogen (secondary N) is 1. The quantitative estimate of drug-likeness (QED) is 0.793. The fraction of sp³-hybridized carbons (Fsp3) is 0.381. The van der Waals surface area contributed by atoms with E-state index in [1.165, 1.54) is 0 Å². The first-order valence-corrected chi connectivity index (χ1v) is 8.62. The second kappa shape index (κ2) is 9.11. The maximum Gasteiger partial charge on any atom is 0.257 e. The number of carbonyl (C=O) groups is 1. The summed E-state index contributed by atoms with van der Waals surface area (Å²) in [5.41, 5.74) is 3.40. The molecule has 0 saturated heterocycles. The summed E-state index contributed by atoms with van der Waals surface area (Å²) in [4.78, 5) is 12.0. The molecule has 0 aromatic heterocycles. The molecule has 2 aromatic rings. The number of benzene rings is 2. The average molecular weight is 341 g/mol. The summed E-state index contributed by atoms with van der Waals surface area (Å²) in [6, 6.07) is 14.0. The summed E-state index contributed by atoms with van der Waals surface area (Å²) in [6.07, 6.45) is 0.775. The lowest BCUT2D eigenvalue weighted by atomic mass is 10.0. The van der Waals surface area contributed by atoms with Crippen LogP contribution in [0.4, 0.5) is 0 Å². The number of carbonyl (C=O) groups excluding carboxylic acids is 1. The molecule has 2 aromatic carbocycles. The van der Waals surface area contributed by atoms with E-state index in [-0.39, 0.29) is 12.5 Å². The van der Waals surface area contributed by atoms with Gasteiger partial charge in [0, 0.05) is 6.54 Å². The Morgan fingerprint density at radius 1 is 1.12 bits per heavy atom. The normalized spacial score (nSPS) is 10.6. The summed E-state index contributed by atoms with van der Waals surface area (Å²) >= 11 is 0. The van der Waals surface area contributed by atoms with Crippen molar-refractivity contribution >= 4 is 5.91 Å². The Kier molecular flexibility index (Phi) is 6.87. The lowest BCUT2D eigenvalue weighted by Gasteiger charge is -2.14. The van der Waals surface area contributed by atoms with Crippen LogP contribution in [0.2, 0.25) is 0 Å². The Labute approximate surface area is 150 Å². The van der Waals surface area contributed by atoms with Crippen LogP contribution in [0, 0.1) is 6.92 Å². The zero-order valence-corrected chi connectivity index (χ0v) is 15.5. The van der Waals surface area contributed by atoms with E-state index < -0.39 is 0 Å². The highest BCUT2D eigenvalue weighted by atomic mass is 16.5. The number of hydrogen-bond acceptors (Lipinski definition) is 3. The van der Waals surface area contributed by atoms with Crippen LogP contribution in [0.25, 0.3) is 0 Å². The molecule has 1 amide bonds. The molecule has 0 atom stereocenters. The van der Waals surface area contributed by atoms with Crippen LogP contribution in [0.15, 0.2) is 42.5 Å². The predicted octanol–water partition coefficient (Wildman–Crippen LogP) is 3.86. The van der Waals surface area contributed by atoms with Crippen molar-refractivity contribution in [1.29, 1.82) is 0 Å². The van der Waals surface area contributed by atoms with Gasteiger partial charge in [-0.05, 0) is 54.2 Å². The molecule has 4 nitrogen and oxygen atoms in total. The third kappa shape index (κ3) is 5.82. The van der Waals surface area contributed by atoms with Crippen LogP contribution < -0.4 is 14.8 Å².